The molecule has 1 heterocycles. The molecule has 2 aromatic rings. The fourth-order valence-electron chi connectivity index (χ4n) is 1.82. The van der Waals surface area contributed by atoms with Gasteiger partial charge in [0.2, 0.25) is 0 Å². The summed E-state index contributed by atoms with van der Waals surface area (Å²) in [7, 11) is 1.91. The minimum absolute atomic E-state index is 0.151. The Kier molecular flexibility index (Phi) is 2.20. The lowest BCUT2D eigenvalue weighted by atomic mass is 10.1. The fraction of sp³-hybridized carbons (Fsp3) is 0.182. The number of fused-ring (bicyclic) bond motifs is 1. The van der Waals surface area contributed by atoms with Crippen LogP contribution in [0.2, 0.25) is 5.02 Å². The van der Waals surface area contributed by atoms with Gasteiger partial charge < -0.3 is 9.67 Å². The molecule has 0 bridgehead atoms. The second-order valence-corrected chi connectivity index (χ2v) is 3.93. The van der Waals surface area contributed by atoms with Crippen molar-refractivity contribution in [3.63, 3.8) is 0 Å². The van der Waals surface area contributed by atoms with Gasteiger partial charge in [0.1, 0.15) is 0 Å². The van der Waals surface area contributed by atoms with Gasteiger partial charge in [-0.3, -0.25) is 0 Å². The Balaban J connectivity index is 2.89. The molecule has 15 heavy (non-hydrogen) atoms. The highest BCUT2D eigenvalue weighted by atomic mass is 35.5. The zero-order valence-electron chi connectivity index (χ0n) is 8.41. The lowest BCUT2D eigenvalue weighted by molar-refractivity contribution is 0.0697. The van der Waals surface area contributed by atoms with Crippen molar-refractivity contribution in [1.29, 1.82) is 0 Å². The summed E-state index contributed by atoms with van der Waals surface area (Å²) in [5.41, 5.74) is 2.08. The SMILES string of the molecule is Cc1cn(C)c2ccc(C(=O)O)c(Cl)c12. The second kappa shape index (κ2) is 3.28. The number of benzene rings is 1. The van der Waals surface area contributed by atoms with Crippen molar-refractivity contribution in [2.75, 3.05) is 0 Å². The molecule has 2 rings (SSSR count). The third kappa shape index (κ3) is 1.39. The Morgan fingerprint density at radius 2 is 2.13 bits per heavy atom. The van der Waals surface area contributed by atoms with Gasteiger partial charge in [-0.2, -0.15) is 0 Å². The number of hydrogen-bond donors (Lipinski definition) is 1. The van der Waals surface area contributed by atoms with E-state index < -0.39 is 5.97 Å². The zero-order valence-corrected chi connectivity index (χ0v) is 9.17. The summed E-state index contributed by atoms with van der Waals surface area (Å²) in [6, 6.07) is 3.31. The number of carbonyl (C=O) groups is 1. The maximum atomic E-state index is 10.9. The van der Waals surface area contributed by atoms with Crippen LogP contribution in [-0.2, 0) is 7.05 Å². The van der Waals surface area contributed by atoms with Crippen LogP contribution >= 0.6 is 11.6 Å². The fourth-order valence-corrected chi connectivity index (χ4v) is 2.21. The largest absolute Gasteiger partial charge is 0.478 e. The van der Waals surface area contributed by atoms with E-state index in [-0.39, 0.29) is 5.56 Å². The van der Waals surface area contributed by atoms with E-state index >= 15 is 0 Å². The molecule has 0 radical (unpaired) electrons. The topological polar surface area (TPSA) is 42.2 Å². The predicted octanol–water partition coefficient (Wildman–Crippen LogP) is 2.84. The molecular weight excluding hydrogens is 214 g/mol. The van der Waals surface area contributed by atoms with Gasteiger partial charge in [0.25, 0.3) is 0 Å². The standard InChI is InChI=1S/C11H10ClNO2/c1-6-5-13(2)8-4-3-7(11(14)15)10(12)9(6)8/h3-5H,1-2H3,(H,14,15). The maximum absolute atomic E-state index is 10.9. The second-order valence-electron chi connectivity index (χ2n) is 3.55. The van der Waals surface area contributed by atoms with Gasteiger partial charge >= 0.3 is 5.97 Å². The van der Waals surface area contributed by atoms with Crippen molar-refractivity contribution in [2.45, 2.75) is 6.92 Å². The maximum Gasteiger partial charge on any atom is 0.337 e. The summed E-state index contributed by atoms with van der Waals surface area (Å²) in [6.07, 6.45) is 1.93. The highest BCUT2D eigenvalue weighted by molar-refractivity contribution is 6.38. The van der Waals surface area contributed by atoms with E-state index in [0.717, 1.165) is 16.5 Å². The average Bonchev–Trinajstić information content (AvgIpc) is 2.43. The summed E-state index contributed by atoms with van der Waals surface area (Å²) in [6.45, 7) is 1.92. The molecule has 0 aliphatic heterocycles. The Morgan fingerprint density at radius 3 is 2.73 bits per heavy atom. The van der Waals surface area contributed by atoms with Crippen molar-refractivity contribution >= 4 is 28.5 Å². The summed E-state index contributed by atoms with van der Waals surface area (Å²) >= 11 is 6.06. The van der Waals surface area contributed by atoms with E-state index in [4.69, 9.17) is 16.7 Å². The van der Waals surface area contributed by atoms with Gasteiger partial charge in [-0.05, 0) is 24.6 Å². The number of halogens is 1. The third-order valence-electron chi connectivity index (χ3n) is 2.51. The molecule has 3 nitrogen and oxygen atoms in total. The van der Waals surface area contributed by atoms with E-state index in [9.17, 15) is 4.79 Å². The molecule has 0 aliphatic rings. The molecule has 0 unspecified atom stereocenters. The first kappa shape index (κ1) is 10.1. The molecule has 0 amide bonds. The van der Waals surface area contributed by atoms with Crippen molar-refractivity contribution in [1.82, 2.24) is 4.57 Å². The third-order valence-corrected chi connectivity index (χ3v) is 2.90. The van der Waals surface area contributed by atoms with Crippen molar-refractivity contribution in [3.05, 3.63) is 34.5 Å². The van der Waals surface area contributed by atoms with Crippen molar-refractivity contribution in [2.24, 2.45) is 7.05 Å². The highest BCUT2D eigenvalue weighted by Crippen LogP contribution is 2.30. The predicted molar refractivity (Wildman–Crippen MR) is 59.6 cm³/mol. The monoisotopic (exact) mass is 223 g/mol. The number of carboxylic acids is 1. The molecule has 1 N–H and O–H groups in total. The Hall–Kier alpha value is -1.48. The van der Waals surface area contributed by atoms with Crippen LogP contribution in [0, 0.1) is 6.92 Å². The Labute approximate surface area is 91.9 Å². The molecule has 0 atom stereocenters. The molecule has 0 fully saturated rings. The summed E-state index contributed by atoms with van der Waals surface area (Å²) in [4.78, 5) is 10.9. The first-order valence-electron chi connectivity index (χ1n) is 4.50. The van der Waals surface area contributed by atoms with Gasteiger partial charge in [0.15, 0.2) is 0 Å². The molecule has 78 valence electrons. The first-order chi connectivity index (χ1) is 7.02. The van der Waals surface area contributed by atoms with E-state index in [1.165, 1.54) is 6.07 Å². The quantitative estimate of drug-likeness (QED) is 0.808. The number of hydrogen-bond acceptors (Lipinski definition) is 1. The number of carboxylic acid groups (broad SMARTS) is 1. The van der Waals surface area contributed by atoms with Crippen LogP contribution in [0.4, 0.5) is 0 Å². The molecule has 4 heteroatoms. The van der Waals surface area contributed by atoms with Crippen LogP contribution < -0.4 is 0 Å². The van der Waals surface area contributed by atoms with Gasteiger partial charge in [-0.1, -0.05) is 11.6 Å². The lowest BCUT2D eigenvalue weighted by Gasteiger charge is -2.02. The molecule has 0 saturated heterocycles. The number of aromatic carboxylic acids is 1. The molecule has 1 aromatic carbocycles. The van der Waals surface area contributed by atoms with Gasteiger partial charge in [0, 0.05) is 24.1 Å². The van der Waals surface area contributed by atoms with Crippen molar-refractivity contribution < 1.29 is 9.90 Å². The highest BCUT2D eigenvalue weighted by Gasteiger charge is 2.14. The summed E-state index contributed by atoms with van der Waals surface area (Å²) in [5.74, 6) is -0.995. The van der Waals surface area contributed by atoms with Gasteiger partial charge in [0.05, 0.1) is 10.6 Å². The van der Waals surface area contributed by atoms with E-state index in [0.29, 0.717) is 5.02 Å². The van der Waals surface area contributed by atoms with Crippen LogP contribution in [0.1, 0.15) is 15.9 Å². The zero-order chi connectivity index (χ0) is 11.2. The molecule has 0 saturated carbocycles. The number of aromatic nitrogens is 1. The van der Waals surface area contributed by atoms with Crippen LogP contribution in [0.15, 0.2) is 18.3 Å². The van der Waals surface area contributed by atoms with Crippen LogP contribution in [-0.4, -0.2) is 15.6 Å². The van der Waals surface area contributed by atoms with Crippen LogP contribution in [0.5, 0.6) is 0 Å². The number of rotatable bonds is 1. The molecular formula is C11H10ClNO2. The van der Waals surface area contributed by atoms with E-state index in [1.54, 1.807) is 6.07 Å². The number of aryl methyl sites for hydroxylation is 2. The smallest absolute Gasteiger partial charge is 0.337 e. The number of nitrogens with zero attached hydrogens (tertiary/aromatic N) is 1. The van der Waals surface area contributed by atoms with Gasteiger partial charge in [-0.25, -0.2) is 4.79 Å². The Morgan fingerprint density at radius 1 is 1.47 bits per heavy atom. The summed E-state index contributed by atoms with van der Waals surface area (Å²) in [5, 5.41) is 10.1. The molecule has 0 aliphatic carbocycles. The first-order valence-corrected chi connectivity index (χ1v) is 4.87. The van der Waals surface area contributed by atoms with Crippen LogP contribution in [0.25, 0.3) is 10.9 Å². The van der Waals surface area contributed by atoms with Crippen LogP contribution in [0.3, 0.4) is 0 Å². The minimum Gasteiger partial charge on any atom is -0.478 e. The molecule has 0 spiro atoms. The molecule has 1 aromatic heterocycles. The minimum atomic E-state index is -0.995. The summed E-state index contributed by atoms with van der Waals surface area (Å²) < 4.78 is 1.93. The van der Waals surface area contributed by atoms with Gasteiger partial charge in [-0.15, -0.1) is 0 Å². The van der Waals surface area contributed by atoms with E-state index in [1.807, 2.05) is 24.7 Å². The normalized spacial score (nSPS) is 10.9. The van der Waals surface area contributed by atoms with Crippen molar-refractivity contribution in [3.8, 4) is 0 Å². The Bertz CT molecular complexity index is 557. The van der Waals surface area contributed by atoms with E-state index in [2.05, 4.69) is 0 Å². The average molecular weight is 224 g/mol. The lowest BCUT2D eigenvalue weighted by Crippen LogP contribution is -1.97.